The molecule has 0 aliphatic carbocycles. The van der Waals surface area contributed by atoms with Gasteiger partial charge in [0.1, 0.15) is 0 Å². The molecule has 1 unspecified atom stereocenters. The van der Waals surface area contributed by atoms with Crippen LogP contribution in [0.1, 0.15) is 26.2 Å². The first-order valence-electron chi connectivity index (χ1n) is 10.2. The Hall–Kier alpha value is -2.88. The Labute approximate surface area is 204 Å². The molecule has 33 heavy (non-hydrogen) atoms. The molecule has 0 aliphatic rings. The first-order chi connectivity index (χ1) is 15.9. The van der Waals surface area contributed by atoms with Crippen LogP contribution in [0.3, 0.4) is 0 Å². The van der Waals surface area contributed by atoms with Crippen LogP contribution in [0.25, 0.3) is 11.3 Å². The number of hydrogen-bond donors (Lipinski definition) is 3. The number of amides is 2. The number of carboxylic acid groups (broad SMARTS) is 1. The summed E-state index contributed by atoms with van der Waals surface area (Å²) in [5.41, 5.74) is 2.06. The van der Waals surface area contributed by atoms with Gasteiger partial charge in [-0.2, -0.15) is 0 Å². The molecule has 0 saturated carbocycles. The van der Waals surface area contributed by atoms with Gasteiger partial charge in [0.2, 0.25) is 11.8 Å². The van der Waals surface area contributed by atoms with Crippen molar-refractivity contribution in [3.8, 4) is 11.3 Å². The van der Waals surface area contributed by atoms with Gasteiger partial charge in [0.05, 0.1) is 17.4 Å². The Balaban J connectivity index is 1.62. The lowest BCUT2D eigenvalue weighted by atomic mass is 10.2. The van der Waals surface area contributed by atoms with E-state index in [9.17, 15) is 14.4 Å². The lowest BCUT2D eigenvalue weighted by Gasteiger charge is -2.14. The largest absolute Gasteiger partial charge is 0.481 e. The maximum atomic E-state index is 12.9. The van der Waals surface area contributed by atoms with E-state index in [0.717, 1.165) is 10.5 Å². The number of benzene rings is 2. The minimum Gasteiger partial charge on any atom is -0.481 e. The molecule has 0 spiro atoms. The molecule has 7 nitrogen and oxygen atoms in total. The number of hydrogen-bond acceptors (Lipinski definition) is 6. The van der Waals surface area contributed by atoms with Gasteiger partial charge in [-0.3, -0.25) is 14.4 Å². The Bertz CT molecular complexity index is 1150. The molecule has 0 saturated heterocycles. The average molecular weight is 504 g/mol. The summed E-state index contributed by atoms with van der Waals surface area (Å²) in [6, 6.07) is 14.5. The Morgan fingerprint density at radius 2 is 1.91 bits per heavy atom. The minimum atomic E-state index is -1.02. The van der Waals surface area contributed by atoms with Crippen LogP contribution in [-0.2, 0) is 14.4 Å². The van der Waals surface area contributed by atoms with Gasteiger partial charge < -0.3 is 15.7 Å². The van der Waals surface area contributed by atoms with Crippen LogP contribution in [-0.4, -0.2) is 33.1 Å². The lowest BCUT2D eigenvalue weighted by Crippen LogP contribution is -2.24. The van der Waals surface area contributed by atoms with E-state index in [1.54, 1.807) is 24.3 Å². The predicted molar refractivity (Wildman–Crippen MR) is 133 cm³/mol. The number of anilines is 2. The fourth-order valence-corrected chi connectivity index (χ4v) is 4.85. The predicted octanol–water partition coefficient (Wildman–Crippen LogP) is 5.78. The highest BCUT2D eigenvalue weighted by Crippen LogP contribution is 2.32. The van der Waals surface area contributed by atoms with E-state index < -0.39 is 5.97 Å². The highest BCUT2D eigenvalue weighted by Gasteiger charge is 2.20. The highest BCUT2D eigenvalue weighted by atomic mass is 35.5. The van der Waals surface area contributed by atoms with Crippen LogP contribution in [0, 0.1) is 0 Å². The molecule has 3 aromatic rings. The van der Waals surface area contributed by atoms with Crippen LogP contribution in [0.2, 0.25) is 5.02 Å². The summed E-state index contributed by atoms with van der Waals surface area (Å²) >= 11 is 8.94. The number of carbonyl (C=O) groups is 3. The molecule has 1 aromatic heterocycles. The number of aliphatic carboxylic acids is 1. The first kappa shape index (κ1) is 24.8. The topological polar surface area (TPSA) is 108 Å². The zero-order valence-electron chi connectivity index (χ0n) is 17.7. The number of thiazole rings is 1. The molecule has 0 fully saturated rings. The number of rotatable bonds is 10. The van der Waals surface area contributed by atoms with E-state index in [0.29, 0.717) is 28.0 Å². The molecule has 0 bridgehead atoms. The Morgan fingerprint density at radius 3 is 2.64 bits per heavy atom. The fourth-order valence-electron chi connectivity index (χ4n) is 2.89. The minimum absolute atomic E-state index is 0.101. The molecule has 1 atom stereocenters. The zero-order chi connectivity index (χ0) is 23.8. The van der Waals surface area contributed by atoms with Crippen molar-refractivity contribution in [1.29, 1.82) is 0 Å². The average Bonchev–Trinajstić information content (AvgIpc) is 3.24. The number of carboxylic acids is 1. The van der Waals surface area contributed by atoms with Crippen LogP contribution in [0.5, 0.6) is 0 Å². The highest BCUT2D eigenvalue weighted by molar-refractivity contribution is 8.00. The smallest absolute Gasteiger partial charge is 0.303 e. The molecule has 2 aromatic carbocycles. The number of aromatic nitrogens is 1. The van der Waals surface area contributed by atoms with Crippen molar-refractivity contribution in [2.45, 2.75) is 36.3 Å². The summed E-state index contributed by atoms with van der Waals surface area (Å²) in [4.78, 5) is 40.7. The number of thioether (sulfide) groups is 1. The second kappa shape index (κ2) is 11.8. The summed E-state index contributed by atoms with van der Waals surface area (Å²) in [6.07, 6.45) is 0.262. The van der Waals surface area contributed by atoms with E-state index >= 15 is 0 Å². The van der Waals surface area contributed by atoms with E-state index in [2.05, 4.69) is 15.6 Å². The lowest BCUT2D eigenvalue weighted by molar-refractivity contribution is -0.138. The van der Waals surface area contributed by atoms with Crippen molar-refractivity contribution in [3.63, 3.8) is 0 Å². The van der Waals surface area contributed by atoms with Crippen LogP contribution >= 0.6 is 34.7 Å². The number of carbonyl (C=O) groups excluding carboxylic acids is 2. The van der Waals surface area contributed by atoms with Gasteiger partial charge in [0, 0.05) is 33.0 Å². The first-order valence-corrected chi connectivity index (χ1v) is 12.3. The van der Waals surface area contributed by atoms with Gasteiger partial charge in [0.25, 0.3) is 0 Å². The van der Waals surface area contributed by atoms with Gasteiger partial charge in [0.15, 0.2) is 5.13 Å². The molecule has 2 amide bonds. The molecule has 10 heteroatoms. The SMILES string of the molecule is CCC(Sc1cccc(NC(=O)CCC(=O)O)c1)C(=O)Nc1nc(-c2ccccc2Cl)cs1. The third kappa shape index (κ3) is 7.31. The monoisotopic (exact) mass is 503 g/mol. The molecule has 3 rings (SSSR count). The molecule has 0 radical (unpaired) electrons. The van der Waals surface area contributed by atoms with E-state index in [4.69, 9.17) is 16.7 Å². The molecular weight excluding hydrogens is 482 g/mol. The summed E-state index contributed by atoms with van der Waals surface area (Å²) in [5.74, 6) is -1.56. The van der Waals surface area contributed by atoms with Crippen molar-refractivity contribution in [2.75, 3.05) is 10.6 Å². The molecule has 0 aliphatic heterocycles. The molecular formula is C23H22ClN3O4S2. The Morgan fingerprint density at radius 1 is 1.12 bits per heavy atom. The number of nitrogens with zero attached hydrogens (tertiary/aromatic N) is 1. The normalized spacial score (nSPS) is 11.6. The summed E-state index contributed by atoms with van der Waals surface area (Å²) < 4.78 is 0. The Kier molecular flexibility index (Phi) is 8.87. The van der Waals surface area contributed by atoms with Crippen LogP contribution in [0.4, 0.5) is 10.8 Å². The van der Waals surface area contributed by atoms with Gasteiger partial charge in [-0.1, -0.05) is 42.8 Å². The number of nitrogens with one attached hydrogen (secondary N) is 2. The maximum absolute atomic E-state index is 12.9. The second-order valence-corrected chi connectivity index (χ2v) is 9.53. The van der Waals surface area contributed by atoms with Gasteiger partial charge >= 0.3 is 5.97 Å². The van der Waals surface area contributed by atoms with Crippen LogP contribution < -0.4 is 10.6 Å². The number of halogens is 1. The molecule has 172 valence electrons. The second-order valence-electron chi connectivity index (χ2n) is 6.99. The molecule has 1 heterocycles. The standard InChI is InChI=1S/C23H22ClN3O4S2/c1-2-19(33-15-7-5-6-14(12-15)25-20(28)10-11-21(29)30)22(31)27-23-26-18(13-32-23)16-8-3-4-9-17(16)24/h3-9,12-13,19H,2,10-11H2,1H3,(H,25,28)(H,29,30)(H,26,27,31). The maximum Gasteiger partial charge on any atom is 0.303 e. The van der Waals surface area contributed by atoms with E-state index in [-0.39, 0.29) is 29.9 Å². The van der Waals surface area contributed by atoms with Gasteiger partial charge in [-0.25, -0.2) is 4.98 Å². The van der Waals surface area contributed by atoms with Gasteiger partial charge in [-0.05, 0) is 30.7 Å². The van der Waals surface area contributed by atoms with Gasteiger partial charge in [-0.15, -0.1) is 23.1 Å². The van der Waals surface area contributed by atoms with Crippen molar-refractivity contribution in [1.82, 2.24) is 4.98 Å². The van der Waals surface area contributed by atoms with E-state index in [1.807, 2.05) is 36.6 Å². The van der Waals surface area contributed by atoms with Crippen molar-refractivity contribution in [3.05, 3.63) is 58.9 Å². The third-order valence-electron chi connectivity index (χ3n) is 4.51. The summed E-state index contributed by atoms with van der Waals surface area (Å²) in [7, 11) is 0. The third-order valence-corrected chi connectivity index (χ3v) is 6.95. The van der Waals surface area contributed by atoms with Crippen molar-refractivity contribution < 1.29 is 19.5 Å². The van der Waals surface area contributed by atoms with Crippen molar-refractivity contribution >= 4 is 63.3 Å². The van der Waals surface area contributed by atoms with Crippen LogP contribution in [0.15, 0.2) is 58.8 Å². The van der Waals surface area contributed by atoms with E-state index in [1.165, 1.54) is 23.1 Å². The molecule has 3 N–H and O–H groups in total. The summed E-state index contributed by atoms with van der Waals surface area (Å²) in [5, 5.41) is 16.8. The quantitative estimate of drug-likeness (QED) is 0.303. The fraction of sp³-hybridized carbons (Fsp3) is 0.217. The zero-order valence-corrected chi connectivity index (χ0v) is 20.1. The van der Waals surface area contributed by atoms with Crippen molar-refractivity contribution in [2.24, 2.45) is 0 Å². The summed E-state index contributed by atoms with van der Waals surface area (Å²) in [6.45, 7) is 1.92.